The summed E-state index contributed by atoms with van der Waals surface area (Å²) in [6, 6.07) is 16.0. The van der Waals surface area contributed by atoms with Crippen LogP contribution in [0.2, 0.25) is 0 Å². The largest absolute Gasteiger partial charge is 0.340 e. The Morgan fingerprint density at radius 2 is 1.65 bits per heavy atom. The lowest BCUT2D eigenvalue weighted by Gasteiger charge is -2.11. The van der Waals surface area contributed by atoms with Gasteiger partial charge in [-0.15, -0.1) is 0 Å². The molecule has 4 nitrogen and oxygen atoms in total. The summed E-state index contributed by atoms with van der Waals surface area (Å²) in [5, 5.41) is 6.58. The summed E-state index contributed by atoms with van der Waals surface area (Å²) in [5.74, 6) is 1.32. The van der Waals surface area contributed by atoms with Gasteiger partial charge in [0, 0.05) is 22.0 Å². The van der Waals surface area contributed by atoms with Crippen molar-refractivity contribution in [3.63, 3.8) is 0 Å². The molecular formula is C18H17BrN4. The van der Waals surface area contributed by atoms with Crippen molar-refractivity contribution in [1.29, 1.82) is 0 Å². The van der Waals surface area contributed by atoms with Gasteiger partial charge in [-0.1, -0.05) is 34.1 Å². The van der Waals surface area contributed by atoms with E-state index in [4.69, 9.17) is 0 Å². The lowest BCUT2D eigenvalue weighted by atomic mass is 10.2. The summed E-state index contributed by atoms with van der Waals surface area (Å²) in [7, 11) is 0. The van der Waals surface area contributed by atoms with Crippen LogP contribution in [0.4, 0.5) is 23.1 Å². The number of aromatic nitrogens is 2. The summed E-state index contributed by atoms with van der Waals surface area (Å²) in [6.45, 7) is 4.11. The van der Waals surface area contributed by atoms with Crippen LogP contribution in [0, 0.1) is 13.8 Å². The van der Waals surface area contributed by atoms with Gasteiger partial charge in [0.25, 0.3) is 0 Å². The SMILES string of the molecule is Cc1cc(Br)ccc1Nc1ccnc(Nc2ccccc2C)n1. The van der Waals surface area contributed by atoms with E-state index in [0.29, 0.717) is 5.95 Å². The van der Waals surface area contributed by atoms with E-state index in [-0.39, 0.29) is 0 Å². The number of rotatable bonds is 4. The Morgan fingerprint density at radius 1 is 0.870 bits per heavy atom. The highest BCUT2D eigenvalue weighted by molar-refractivity contribution is 9.10. The van der Waals surface area contributed by atoms with E-state index >= 15 is 0 Å². The molecule has 0 atom stereocenters. The average Bonchev–Trinajstić information content (AvgIpc) is 2.53. The Bertz CT molecular complexity index is 833. The van der Waals surface area contributed by atoms with E-state index < -0.39 is 0 Å². The van der Waals surface area contributed by atoms with E-state index in [9.17, 15) is 0 Å². The predicted octanol–water partition coefficient (Wildman–Crippen LogP) is 5.34. The molecule has 116 valence electrons. The molecule has 0 bridgehead atoms. The quantitative estimate of drug-likeness (QED) is 0.652. The van der Waals surface area contributed by atoms with Crippen LogP contribution in [0.1, 0.15) is 11.1 Å². The van der Waals surface area contributed by atoms with Gasteiger partial charge in [0.2, 0.25) is 5.95 Å². The monoisotopic (exact) mass is 368 g/mol. The Labute approximate surface area is 144 Å². The first-order valence-electron chi connectivity index (χ1n) is 7.31. The topological polar surface area (TPSA) is 49.8 Å². The molecule has 3 aromatic rings. The van der Waals surface area contributed by atoms with Crippen molar-refractivity contribution >= 4 is 39.1 Å². The van der Waals surface area contributed by atoms with Gasteiger partial charge in [-0.2, -0.15) is 4.98 Å². The second-order valence-corrected chi connectivity index (χ2v) is 6.21. The fraction of sp³-hybridized carbons (Fsp3) is 0.111. The number of benzene rings is 2. The Kier molecular flexibility index (Phi) is 4.57. The van der Waals surface area contributed by atoms with Gasteiger partial charge in [-0.05, 0) is 55.3 Å². The molecule has 0 amide bonds. The van der Waals surface area contributed by atoms with E-state index in [1.54, 1.807) is 6.20 Å². The second-order valence-electron chi connectivity index (χ2n) is 5.29. The molecule has 2 N–H and O–H groups in total. The van der Waals surface area contributed by atoms with E-state index in [1.807, 2.05) is 36.4 Å². The first kappa shape index (κ1) is 15.5. The number of aryl methyl sites for hydroxylation is 2. The molecule has 0 spiro atoms. The molecule has 0 aliphatic heterocycles. The minimum Gasteiger partial charge on any atom is -0.340 e. The number of nitrogens with one attached hydrogen (secondary N) is 2. The van der Waals surface area contributed by atoms with Crippen LogP contribution in [0.5, 0.6) is 0 Å². The summed E-state index contributed by atoms with van der Waals surface area (Å²) >= 11 is 3.47. The van der Waals surface area contributed by atoms with Crippen molar-refractivity contribution < 1.29 is 0 Å². The first-order chi connectivity index (χ1) is 11.1. The number of hydrogen-bond acceptors (Lipinski definition) is 4. The van der Waals surface area contributed by atoms with Gasteiger partial charge in [0.1, 0.15) is 5.82 Å². The Balaban J connectivity index is 1.81. The molecule has 0 aliphatic carbocycles. The molecule has 1 heterocycles. The maximum atomic E-state index is 4.52. The van der Waals surface area contributed by atoms with E-state index in [1.165, 1.54) is 0 Å². The number of nitrogens with zero attached hydrogens (tertiary/aromatic N) is 2. The van der Waals surface area contributed by atoms with Crippen molar-refractivity contribution in [2.24, 2.45) is 0 Å². The van der Waals surface area contributed by atoms with Gasteiger partial charge in [-0.25, -0.2) is 4.98 Å². The molecule has 0 saturated heterocycles. The number of para-hydroxylation sites is 1. The van der Waals surface area contributed by atoms with E-state index in [0.717, 1.165) is 32.8 Å². The van der Waals surface area contributed by atoms with Crippen molar-refractivity contribution in [3.05, 3.63) is 70.3 Å². The van der Waals surface area contributed by atoms with Crippen LogP contribution in [0.15, 0.2) is 59.2 Å². The highest BCUT2D eigenvalue weighted by atomic mass is 79.9. The molecule has 1 aromatic heterocycles. The van der Waals surface area contributed by atoms with Gasteiger partial charge in [0.15, 0.2) is 0 Å². The zero-order chi connectivity index (χ0) is 16.2. The fourth-order valence-electron chi connectivity index (χ4n) is 2.23. The van der Waals surface area contributed by atoms with E-state index in [2.05, 4.69) is 62.5 Å². The molecule has 0 unspecified atom stereocenters. The van der Waals surface area contributed by atoms with Crippen LogP contribution in [0.3, 0.4) is 0 Å². The normalized spacial score (nSPS) is 10.4. The molecule has 0 radical (unpaired) electrons. The maximum absolute atomic E-state index is 4.52. The van der Waals surface area contributed by atoms with Crippen LogP contribution in [0.25, 0.3) is 0 Å². The predicted molar refractivity (Wildman–Crippen MR) is 98.7 cm³/mol. The Hall–Kier alpha value is -2.40. The molecule has 2 aromatic carbocycles. The lowest BCUT2D eigenvalue weighted by Crippen LogP contribution is -2.01. The van der Waals surface area contributed by atoms with Crippen molar-refractivity contribution in [3.8, 4) is 0 Å². The second kappa shape index (κ2) is 6.79. The highest BCUT2D eigenvalue weighted by Gasteiger charge is 2.04. The van der Waals surface area contributed by atoms with Crippen molar-refractivity contribution in [1.82, 2.24) is 9.97 Å². The van der Waals surface area contributed by atoms with Gasteiger partial charge in [0.05, 0.1) is 0 Å². The smallest absolute Gasteiger partial charge is 0.229 e. The molecule has 0 saturated carbocycles. The van der Waals surface area contributed by atoms with Gasteiger partial charge in [-0.3, -0.25) is 0 Å². The Morgan fingerprint density at radius 3 is 2.43 bits per heavy atom. The van der Waals surface area contributed by atoms with Gasteiger partial charge >= 0.3 is 0 Å². The lowest BCUT2D eigenvalue weighted by molar-refractivity contribution is 1.16. The number of halogens is 1. The minimum absolute atomic E-state index is 0.569. The molecular weight excluding hydrogens is 352 g/mol. The van der Waals surface area contributed by atoms with Crippen LogP contribution >= 0.6 is 15.9 Å². The zero-order valence-corrected chi connectivity index (χ0v) is 14.6. The first-order valence-corrected chi connectivity index (χ1v) is 8.10. The summed E-state index contributed by atoms with van der Waals surface area (Å²) in [4.78, 5) is 8.81. The third-order valence-electron chi connectivity index (χ3n) is 3.50. The standard InChI is InChI=1S/C18H17BrN4/c1-12-5-3-4-6-15(12)22-18-20-10-9-17(23-18)21-16-8-7-14(19)11-13(16)2/h3-11H,1-2H3,(H2,20,21,22,23). The third-order valence-corrected chi connectivity index (χ3v) is 3.99. The molecule has 0 fully saturated rings. The third kappa shape index (κ3) is 3.87. The van der Waals surface area contributed by atoms with Crippen LogP contribution < -0.4 is 10.6 Å². The summed E-state index contributed by atoms with van der Waals surface area (Å²) < 4.78 is 1.06. The van der Waals surface area contributed by atoms with Crippen molar-refractivity contribution in [2.45, 2.75) is 13.8 Å². The summed E-state index contributed by atoms with van der Waals surface area (Å²) in [5.41, 5.74) is 4.32. The zero-order valence-electron chi connectivity index (χ0n) is 13.0. The number of hydrogen-bond donors (Lipinski definition) is 2. The highest BCUT2D eigenvalue weighted by Crippen LogP contribution is 2.24. The van der Waals surface area contributed by atoms with Crippen LogP contribution in [-0.4, -0.2) is 9.97 Å². The maximum Gasteiger partial charge on any atom is 0.229 e. The molecule has 3 rings (SSSR count). The van der Waals surface area contributed by atoms with Crippen LogP contribution in [-0.2, 0) is 0 Å². The average molecular weight is 369 g/mol. The molecule has 0 aliphatic rings. The number of anilines is 4. The van der Waals surface area contributed by atoms with Crippen molar-refractivity contribution in [2.75, 3.05) is 10.6 Å². The molecule has 5 heteroatoms. The van der Waals surface area contributed by atoms with Gasteiger partial charge < -0.3 is 10.6 Å². The summed E-state index contributed by atoms with van der Waals surface area (Å²) in [6.07, 6.45) is 1.74. The molecule has 23 heavy (non-hydrogen) atoms. The fourth-order valence-corrected chi connectivity index (χ4v) is 2.70. The minimum atomic E-state index is 0.569.